The minimum atomic E-state index is -0.795. The number of amides is 1. The van der Waals surface area contributed by atoms with Crippen LogP contribution in [0.4, 0.5) is 5.69 Å². The van der Waals surface area contributed by atoms with Crippen LogP contribution in [0.2, 0.25) is 0 Å². The summed E-state index contributed by atoms with van der Waals surface area (Å²) in [5.74, 6) is -0.906. The van der Waals surface area contributed by atoms with E-state index in [1.165, 1.54) is 12.1 Å². The lowest BCUT2D eigenvalue weighted by molar-refractivity contribution is -0.124. The van der Waals surface area contributed by atoms with Gasteiger partial charge >= 0.3 is 5.97 Å². The Morgan fingerprint density at radius 1 is 1.32 bits per heavy atom. The molecular weight excluding hydrogens is 248 g/mol. The second kappa shape index (κ2) is 6.63. The minimum Gasteiger partial charge on any atom is -0.480 e. The first-order valence-corrected chi connectivity index (χ1v) is 6.02. The predicted molar refractivity (Wildman–Crippen MR) is 70.7 cm³/mol. The molecular formula is C13H18N2O4. The van der Waals surface area contributed by atoms with Gasteiger partial charge in [0.15, 0.2) is 6.10 Å². The Morgan fingerprint density at radius 2 is 2.00 bits per heavy atom. The van der Waals surface area contributed by atoms with Crippen molar-refractivity contribution >= 4 is 17.6 Å². The third kappa shape index (κ3) is 3.87. The molecule has 4 N–H and O–H groups in total. The number of anilines is 1. The summed E-state index contributed by atoms with van der Waals surface area (Å²) in [6.07, 6.45) is -0.390. The van der Waals surface area contributed by atoms with Crippen molar-refractivity contribution in [1.82, 2.24) is 0 Å². The van der Waals surface area contributed by atoms with Crippen molar-refractivity contribution in [1.29, 1.82) is 0 Å². The Bertz CT molecular complexity index is 474. The highest BCUT2D eigenvalue weighted by Gasteiger charge is 2.20. The predicted octanol–water partition coefficient (Wildman–Crippen LogP) is 1.09. The Balaban J connectivity index is 3.05. The van der Waals surface area contributed by atoms with E-state index < -0.39 is 18.0 Å². The number of benzene rings is 1. The second-order valence-electron chi connectivity index (χ2n) is 3.89. The topological polar surface area (TPSA) is 105 Å². The molecule has 0 aliphatic heterocycles. The SMILES string of the molecule is CCOC(=O)c1cc(N)ccc1OC(CC)C(N)=O. The molecule has 0 bridgehead atoms. The smallest absolute Gasteiger partial charge is 0.341 e. The molecule has 6 nitrogen and oxygen atoms in total. The number of nitrogens with two attached hydrogens (primary N) is 2. The number of primary amides is 1. The standard InChI is InChI=1S/C13H18N2O4/c1-3-10(12(15)16)19-11-6-5-8(14)7-9(11)13(17)18-4-2/h5-7,10H,3-4,14H2,1-2H3,(H2,15,16). The quantitative estimate of drug-likeness (QED) is 0.592. The van der Waals surface area contributed by atoms with E-state index in [0.29, 0.717) is 12.1 Å². The molecule has 0 saturated carbocycles. The first-order chi connectivity index (χ1) is 8.99. The Hall–Kier alpha value is -2.24. The van der Waals surface area contributed by atoms with Crippen LogP contribution in [-0.2, 0) is 9.53 Å². The van der Waals surface area contributed by atoms with Gasteiger partial charge in [-0.3, -0.25) is 4.79 Å². The van der Waals surface area contributed by atoms with Crippen molar-refractivity contribution in [3.63, 3.8) is 0 Å². The van der Waals surface area contributed by atoms with Crippen molar-refractivity contribution in [3.05, 3.63) is 23.8 Å². The highest BCUT2D eigenvalue weighted by atomic mass is 16.5. The van der Waals surface area contributed by atoms with E-state index in [-0.39, 0.29) is 17.9 Å². The maximum Gasteiger partial charge on any atom is 0.341 e. The van der Waals surface area contributed by atoms with Crippen LogP contribution in [0.25, 0.3) is 0 Å². The molecule has 104 valence electrons. The van der Waals surface area contributed by atoms with Crippen molar-refractivity contribution in [3.8, 4) is 5.75 Å². The van der Waals surface area contributed by atoms with Crippen LogP contribution in [0.3, 0.4) is 0 Å². The molecule has 0 aliphatic rings. The van der Waals surface area contributed by atoms with Crippen LogP contribution in [0, 0.1) is 0 Å². The normalized spacial score (nSPS) is 11.7. The van der Waals surface area contributed by atoms with E-state index in [1.807, 2.05) is 0 Å². The van der Waals surface area contributed by atoms with Gasteiger partial charge in [-0.1, -0.05) is 6.92 Å². The van der Waals surface area contributed by atoms with Crippen LogP contribution in [0.1, 0.15) is 30.6 Å². The van der Waals surface area contributed by atoms with Gasteiger partial charge in [0.25, 0.3) is 5.91 Å². The van der Waals surface area contributed by atoms with Crippen molar-refractivity contribution in [2.45, 2.75) is 26.4 Å². The first-order valence-electron chi connectivity index (χ1n) is 6.02. The van der Waals surface area contributed by atoms with E-state index >= 15 is 0 Å². The molecule has 1 aromatic rings. The molecule has 1 aromatic carbocycles. The van der Waals surface area contributed by atoms with E-state index in [2.05, 4.69) is 0 Å². The molecule has 1 amide bonds. The average molecular weight is 266 g/mol. The van der Waals surface area contributed by atoms with Gasteiger partial charge < -0.3 is 20.9 Å². The van der Waals surface area contributed by atoms with Crippen LogP contribution < -0.4 is 16.2 Å². The van der Waals surface area contributed by atoms with Gasteiger partial charge in [-0.2, -0.15) is 0 Å². The van der Waals surface area contributed by atoms with Gasteiger partial charge in [0.2, 0.25) is 0 Å². The van der Waals surface area contributed by atoms with Crippen LogP contribution in [0.5, 0.6) is 5.75 Å². The lowest BCUT2D eigenvalue weighted by atomic mass is 10.1. The third-order valence-electron chi connectivity index (χ3n) is 2.46. The third-order valence-corrected chi connectivity index (χ3v) is 2.46. The lowest BCUT2D eigenvalue weighted by Gasteiger charge is -2.16. The highest BCUT2D eigenvalue weighted by Crippen LogP contribution is 2.24. The summed E-state index contributed by atoms with van der Waals surface area (Å²) in [4.78, 5) is 22.9. The number of carbonyl (C=O) groups excluding carboxylic acids is 2. The number of rotatable bonds is 6. The van der Waals surface area contributed by atoms with Gasteiger partial charge in [-0.05, 0) is 31.5 Å². The monoisotopic (exact) mass is 266 g/mol. The van der Waals surface area contributed by atoms with E-state index in [0.717, 1.165) is 0 Å². The first kappa shape index (κ1) is 14.8. The zero-order valence-electron chi connectivity index (χ0n) is 11.0. The number of nitrogen functional groups attached to an aromatic ring is 1. The summed E-state index contributed by atoms with van der Waals surface area (Å²) >= 11 is 0. The summed E-state index contributed by atoms with van der Waals surface area (Å²) in [7, 11) is 0. The Morgan fingerprint density at radius 3 is 2.53 bits per heavy atom. The van der Waals surface area contributed by atoms with Crippen LogP contribution >= 0.6 is 0 Å². The fraction of sp³-hybridized carbons (Fsp3) is 0.385. The fourth-order valence-corrected chi connectivity index (χ4v) is 1.51. The summed E-state index contributed by atoms with van der Waals surface area (Å²) < 4.78 is 10.4. The van der Waals surface area contributed by atoms with Crippen LogP contribution in [0.15, 0.2) is 18.2 Å². The lowest BCUT2D eigenvalue weighted by Crippen LogP contribution is -2.33. The summed E-state index contributed by atoms with van der Waals surface area (Å²) in [6, 6.07) is 4.54. The zero-order chi connectivity index (χ0) is 14.4. The van der Waals surface area contributed by atoms with Crippen LogP contribution in [-0.4, -0.2) is 24.6 Å². The summed E-state index contributed by atoms with van der Waals surface area (Å²) in [6.45, 7) is 3.69. The van der Waals surface area contributed by atoms with Gasteiger partial charge in [-0.25, -0.2) is 4.79 Å². The van der Waals surface area contributed by atoms with Crippen molar-refractivity contribution in [2.24, 2.45) is 5.73 Å². The van der Waals surface area contributed by atoms with Gasteiger partial charge in [-0.15, -0.1) is 0 Å². The number of hydrogen-bond donors (Lipinski definition) is 2. The molecule has 6 heteroatoms. The van der Waals surface area contributed by atoms with Crippen molar-refractivity contribution < 1.29 is 19.1 Å². The van der Waals surface area contributed by atoms with Crippen molar-refractivity contribution in [2.75, 3.05) is 12.3 Å². The molecule has 19 heavy (non-hydrogen) atoms. The summed E-state index contributed by atoms with van der Waals surface area (Å²) in [5, 5.41) is 0. The zero-order valence-corrected chi connectivity index (χ0v) is 11.0. The molecule has 0 radical (unpaired) electrons. The molecule has 0 heterocycles. The van der Waals surface area contributed by atoms with E-state index in [1.54, 1.807) is 19.9 Å². The summed E-state index contributed by atoms with van der Waals surface area (Å²) in [5.41, 5.74) is 11.4. The Labute approximate surface area is 111 Å². The maximum absolute atomic E-state index is 11.8. The van der Waals surface area contributed by atoms with E-state index in [9.17, 15) is 9.59 Å². The molecule has 0 aliphatic carbocycles. The van der Waals surface area contributed by atoms with Gasteiger partial charge in [0.1, 0.15) is 11.3 Å². The number of ether oxygens (including phenoxy) is 2. The number of carbonyl (C=O) groups is 2. The highest BCUT2D eigenvalue weighted by molar-refractivity contribution is 5.93. The molecule has 0 saturated heterocycles. The minimum absolute atomic E-state index is 0.182. The maximum atomic E-state index is 11.8. The fourth-order valence-electron chi connectivity index (χ4n) is 1.51. The van der Waals surface area contributed by atoms with Gasteiger partial charge in [0, 0.05) is 5.69 Å². The molecule has 0 spiro atoms. The molecule has 1 unspecified atom stereocenters. The van der Waals surface area contributed by atoms with E-state index in [4.69, 9.17) is 20.9 Å². The second-order valence-corrected chi connectivity index (χ2v) is 3.89. The number of hydrogen-bond acceptors (Lipinski definition) is 5. The van der Waals surface area contributed by atoms with Gasteiger partial charge in [0.05, 0.1) is 6.61 Å². The molecule has 1 rings (SSSR count). The average Bonchev–Trinajstić information content (AvgIpc) is 2.37. The molecule has 0 fully saturated rings. The molecule has 1 atom stereocenters. The number of esters is 1. The Kier molecular flexibility index (Phi) is 5.17. The largest absolute Gasteiger partial charge is 0.480 e. The molecule has 0 aromatic heterocycles.